The van der Waals surface area contributed by atoms with Crippen LogP contribution in [0, 0.1) is 0 Å². The largest absolute Gasteiger partial charge is 0.378 e. The highest BCUT2D eigenvalue weighted by Gasteiger charge is 2.18. The van der Waals surface area contributed by atoms with Gasteiger partial charge >= 0.3 is 0 Å². The average Bonchev–Trinajstić information content (AvgIpc) is 2.71. The standard InChI is InChI=1S/C11H13ClN4O/c1-15-3-2-8-9(15)10(14-11(12)13-8)16-4-6-17-7-5-16/h2-3H,4-7H2,1H3. The van der Waals surface area contributed by atoms with Gasteiger partial charge in [0.2, 0.25) is 5.28 Å². The van der Waals surface area contributed by atoms with Crippen LogP contribution in [0.25, 0.3) is 11.0 Å². The monoisotopic (exact) mass is 252 g/mol. The number of rotatable bonds is 1. The fraction of sp³-hybridized carbons (Fsp3) is 0.455. The number of nitrogens with zero attached hydrogens (tertiary/aromatic N) is 4. The van der Waals surface area contributed by atoms with Crippen molar-refractivity contribution in [3.63, 3.8) is 0 Å². The first-order valence-electron chi connectivity index (χ1n) is 5.57. The number of hydrogen-bond donors (Lipinski definition) is 0. The summed E-state index contributed by atoms with van der Waals surface area (Å²) in [6.45, 7) is 3.14. The third-order valence-corrected chi connectivity index (χ3v) is 3.15. The maximum Gasteiger partial charge on any atom is 0.225 e. The van der Waals surface area contributed by atoms with Gasteiger partial charge in [0, 0.05) is 26.3 Å². The number of ether oxygens (including phenoxy) is 1. The normalized spacial score (nSPS) is 16.7. The van der Waals surface area contributed by atoms with Crippen molar-refractivity contribution >= 4 is 28.5 Å². The van der Waals surface area contributed by atoms with Crippen molar-refractivity contribution in [1.82, 2.24) is 14.5 Å². The molecule has 0 aromatic carbocycles. The van der Waals surface area contributed by atoms with E-state index in [-0.39, 0.29) is 0 Å². The van der Waals surface area contributed by atoms with E-state index in [1.54, 1.807) is 0 Å². The molecule has 2 aromatic heterocycles. The summed E-state index contributed by atoms with van der Waals surface area (Å²) in [5.74, 6) is 0.899. The summed E-state index contributed by atoms with van der Waals surface area (Å²) in [5, 5.41) is 0.296. The molecule has 5 nitrogen and oxygen atoms in total. The Morgan fingerprint density at radius 2 is 2.06 bits per heavy atom. The predicted molar refractivity (Wildman–Crippen MR) is 66.6 cm³/mol. The van der Waals surface area contributed by atoms with Gasteiger partial charge in [-0.2, -0.15) is 4.98 Å². The van der Waals surface area contributed by atoms with Gasteiger partial charge in [-0.1, -0.05) is 0 Å². The third kappa shape index (κ3) is 1.85. The summed E-state index contributed by atoms with van der Waals surface area (Å²) in [7, 11) is 1.99. The number of aryl methyl sites for hydroxylation is 1. The Morgan fingerprint density at radius 1 is 1.29 bits per heavy atom. The van der Waals surface area contributed by atoms with Crippen molar-refractivity contribution in [1.29, 1.82) is 0 Å². The van der Waals surface area contributed by atoms with Crippen LogP contribution in [0.1, 0.15) is 0 Å². The van der Waals surface area contributed by atoms with Crippen LogP contribution in [0.3, 0.4) is 0 Å². The fourth-order valence-electron chi connectivity index (χ4n) is 2.14. The van der Waals surface area contributed by atoms with Crippen molar-refractivity contribution in [2.24, 2.45) is 7.05 Å². The molecule has 2 aromatic rings. The molecule has 0 aliphatic carbocycles. The van der Waals surface area contributed by atoms with Crippen molar-refractivity contribution in [3.8, 4) is 0 Å². The Kier molecular flexibility index (Phi) is 2.64. The molecule has 3 rings (SSSR count). The number of anilines is 1. The minimum absolute atomic E-state index is 0.296. The Balaban J connectivity index is 2.15. The van der Waals surface area contributed by atoms with Crippen LogP contribution >= 0.6 is 11.6 Å². The Labute approximate surface area is 104 Å². The highest BCUT2D eigenvalue weighted by atomic mass is 35.5. The first-order valence-corrected chi connectivity index (χ1v) is 5.95. The third-order valence-electron chi connectivity index (χ3n) is 2.98. The highest BCUT2D eigenvalue weighted by molar-refractivity contribution is 6.28. The van der Waals surface area contributed by atoms with Gasteiger partial charge in [0.05, 0.1) is 18.7 Å². The van der Waals surface area contributed by atoms with Gasteiger partial charge in [0.25, 0.3) is 0 Å². The van der Waals surface area contributed by atoms with Gasteiger partial charge in [-0.25, -0.2) is 4.98 Å². The van der Waals surface area contributed by atoms with E-state index >= 15 is 0 Å². The smallest absolute Gasteiger partial charge is 0.225 e. The molecule has 0 unspecified atom stereocenters. The second-order valence-corrected chi connectivity index (χ2v) is 4.41. The Bertz CT molecular complexity index is 548. The lowest BCUT2D eigenvalue weighted by Gasteiger charge is -2.28. The van der Waals surface area contributed by atoms with Crippen molar-refractivity contribution < 1.29 is 4.74 Å². The van der Waals surface area contributed by atoms with Crippen molar-refractivity contribution in [2.75, 3.05) is 31.2 Å². The lowest BCUT2D eigenvalue weighted by molar-refractivity contribution is 0.122. The van der Waals surface area contributed by atoms with Gasteiger partial charge in [0.15, 0.2) is 5.82 Å². The molecule has 1 aliphatic heterocycles. The quantitative estimate of drug-likeness (QED) is 0.721. The minimum atomic E-state index is 0.296. The summed E-state index contributed by atoms with van der Waals surface area (Å²) in [5.41, 5.74) is 1.91. The number of halogens is 1. The van der Waals surface area contributed by atoms with Gasteiger partial charge in [0.1, 0.15) is 5.52 Å². The molecule has 1 saturated heterocycles. The molecule has 0 atom stereocenters. The molecule has 6 heteroatoms. The second kappa shape index (κ2) is 4.16. The first kappa shape index (κ1) is 10.8. The van der Waals surface area contributed by atoms with E-state index in [0.717, 1.165) is 43.2 Å². The zero-order chi connectivity index (χ0) is 11.8. The van der Waals surface area contributed by atoms with E-state index in [2.05, 4.69) is 14.9 Å². The lowest BCUT2D eigenvalue weighted by Crippen LogP contribution is -2.37. The van der Waals surface area contributed by atoms with E-state index in [1.807, 2.05) is 23.9 Å². The number of hydrogen-bond acceptors (Lipinski definition) is 4. The fourth-order valence-corrected chi connectivity index (χ4v) is 2.31. The minimum Gasteiger partial charge on any atom is -0.378 e. The van der Waals surface area contributed by atoms with Crippen LogP contribution in [0.5, 0.6) is 0 Å². The summed E-state index contributed by atoms with van der Waals surface area (Å²) in [4.78, 5) is 10.8. The molecule has 0 N–H and O–H groups in total. The van der Waals surface area contributed by atoms with Gasteiger partial charge < -0.3 is 14.2 Å². The van der Waals surface area contributed by atoms with Crippen LogP contribution < -0.4 is 4.90 Å². The topological polar surface area (TPSA) is 43.2 Å². The number of morpholine rings is 1. The molecule has 1 fully saturated rings. The molecule has 3 heterocycles. The predicted octanol–water partition coefficient (Wildman–Crippen LogP) is 1.46. The summed E-state index contributed by atoms with van der Waals surface area (Å²) < 4.78 is 7.37. The average molecular weight is 253 g/mol. The molecule has 0 radical (unpaired) electrons. The van der Waals surface area contributed by atoms with Crippen molar-refractivity contribution in [3.05, 3.63) is 17.5 Å². The lowest BCUT2D eigenvalue weighted by atomic mass is 10.3. The molecule has 0 amide bonds. The molecular formula is C11H13ClN4O. The zero-order valence-corrected chi connectivity index (χ0v) is 10.3. The van der Waals surface area contributed by atoms with Crippen LogP contribution in [-0.2, 0) is 11.8 Å². The summed E-state index contributed by atoms with van der Waals surface area (Å²) >= 11 is 5.96. The summed E-state index contributed by atoms with van der Waals surface area (Å²) in [6.07, 6.45) is 1.97. The molecule has 90 valence electrons. The van der Waals surface area contributed by atoms with E-state index in [4.69, 9.17) is 16.3 Å². The van der Waals surface area contributed by atoms with Crippen molar-refractivity contribution in [2.45, 2.75) is 0 Å². The molecule has 0 saturated carbocycles. The number of aromatic nitrogens is 3. The van der Waals surface area contributed by atoms with E-state index in [9.17, 15) is 0 Å². The van der Waals surface area contributed by atoms with Crippen LogP contribution in [0.2, 0.25) is 5.28 Å². The zero-order valence-electron chi connectivity index (χ0n) is 9.56. The van der Waals surface area contributed by atoms with Crippen LogP contribution in [-0.4, -0.2) is 40.8 Å². The van der Waals surface area contributed by atoms with Gasteiger partial charge in [-0.15, -0.1) is 0 Å². The van der Waals surface area contributed by atoms with Crippen LogP contribution in [0.15, 0.2) is 12.3 Å². The maximum absolute atomic E-state index is 5.96. The first-order chi connectivity index (χ1) is 8.25. The van der Waals surface area contributed by atoms with E-state index in [1.165, 1.54) is 0 Å². The SMILES string of the molecule is Cn1ccc2nc(Cl)nc(N3CCOCC3)c21. The van der Waals surface area contributed by atoms with Crippen LogP contribution in [0.4, 0.5) is 5.82 Å². The Morgan fingerprint density at radius 3 is 2.82 bits per heavy atom. The second-order valence-electron chi connectivity index (χ2n) is 4.08. The summed E-state index contributed by atoms with van der Waals surface area (Å²) in [6, 6.07) is 1.95. The van der Waals surface area contributed by atoms with E-state index in [0.29, 0.717) is 5.28 Å². The van der Waals surface area contributed by atoms with Gasteiger partial charge in [-0.3, -0.25) is 0 Å². The molecule has 0 bridgehead atoms. The van der Waals surface area contributed by atoms with Gasteiger partial charge in [-0.05, 0) is 17.7 Å². The Hall–Kier alpha value is -1.33. The molecular weight excluding hydrogens is 240 g/mol. The molecule has 1 aliphatic rings. The molecule has 0 spiro atoms. The van der Waals surface area contributed by atoms with E-state index < -0.39 is 0 Å². The highest BCUT2D eigenvalue weighted by Crippen LogP contribution is 2.26. The maximum atomic E-state index is 5.96. The molecule has 17 heavy (non-hydrogen) atoms. The number of fused-ring (bicyclic) bond motifs is 1.